The number of hydrogen-bond acceptors (Lipinski definition) is 7. The van der Waals surface area contributed by atoms with Crippen LogP contribution in [0.5, 0.6) is 0 Å². The molecule has 0 bridgehead atoms. The SMILES string of the molecule is Cc1ccc(Nc2ccc(N3CCN(S(=O)(=O)c4ccc(F)c(F)c4)CC3)nn2)nc1. The van der Waals surface area contributed by atoms with Gasteiger partial charge in [0.2, 0.25) is 10.0 Å². The maximum atomic E-state index is 13.5. The van der Waals surface area contributed by atoms with E-state index in [4.69, 9.17) is 0 Å². The monoisotopic (exact) mass is 446 g/mol. The predicted octanol–water partition coefficient (Wildman–Crippen LogP) is 2.71. The minimum atomic E-state index is -3.90. The lowest BCUT2D eigenvalue weighted by atomic mass is 10.3. The third kappa shape index (κ3) is 4.62. The number of anilines is 3. The fraction of sp³-hybridized carbons (Fsp3) is 0.250. The summed E-state index contributed by atoms with van der Waals surface area (Å²) in [6, 6.07) is 9.94. The zero-order valence-electron chi connectivity index (χ0n) is 16.7. The van der Waals surface area contributed by atoms with Crippen LogP contribution in [0.25, 0.3) is 0 Å². The van der Waals surface area contributed by atoms with Crippen molar-refractivity contribution in [3.05, 3.63) is 65.9 Å². The summed E-state index contributed by atoms with van der Waals surface area (Å²) < 4.78 is 53.3. The van der Waals surface area contributed by atoms with Gasteiger partial charge in [-0.15, -0.1) is 10.2 Å². The molecular formula is C20H20F2N6O2S. The number of benzene rings is 1. The van der Waals surface area contributed by atoms with Gasteiger partial charge >= 0.3 is 0 Å². The van der Waals surface area contributed by atoms with Gasteiger partial charge < -0.3 is 10.2 Å². The minimum Gasteiger partial charge on any atom is -0.352 e. The molecule has 3 heterocycles. The molecule has 1 aliphatic heterocycles. The van der Waals surface area contributed by atoms with Gasteiger partial charge in [-0.05, 0) is 48.9 Å². The molecule has 8 nitrogen and oxygen atoms in total. The summed E-state index contributed by atoms with van der Waals surface area (Å²) in [5.41, 5.74) is 1.05. The van der Waals surface area contributed by atoms with Crippen molar-refractivity contribution in [2.75, 3.05) is 36.4 Å². The van der Waals surface area contributed by atoms with Crippen molar-refractivity contribution in [1.29, 1.82) is 0 Å². The van der Waals surface area contributed by atoms with E-state index in [1.54, 1.807) is 18.3 Å². The number of nitrogens with one attached hydrogen (secondary N) is 1. The van der Waals surface area contributed by atoms with E-state index < -0.39 is 21.7 Å². The minimum absolute atomic E-state index is 0.191. The quantitative estimate of drug-likeness (QED) is 0.644. The van der Waals surface area contributed by atoms with Gasteiger partial charge in [0.25, 0.3) is 0 Å². The van der Waals surface area contributed by atoms with Gasteiger partial charge in [0.1, 0.15) is 5.82 Å². The van der Waals surface area contributed by atoms with Crippen LogP contribution in [0.3, 0.4) is 0 Å². The number of pyridine rings is 1. The van der Waals surface area contributed by atoms with E-state index in [1.165, 1.54) is 4.31 Å². The first-order valence-corrected chi connectivity index (χ1v) is 11.0. The molecular weight excluding hydrogens is 426 g/mol. The predicted molar refractivity (Wildman–Crippen MR) is 112 cm³/mol. The number of aromatic nitrogens is 3. The molecule has 0 radical (unpaired) electrons. The van der Waals surface area contributed by atoms with Gasteiger partial charge in [-0.2, -0.15) is 4.31 Å². The fourth-order valence-corrected chi connectivity index (χ4v) is 4.61. The van der Waals surface area contributed by atoms with E-state index in [2.05, 4.69) is 20.5 Å². The Morgan fingerprint density at radius 2 is 1.65 bits per heavy atom. The number of sulfonamides is 1. The molecule has 0 spiro atoms. The second-order valence-corrected chi connectivity index (χ2v) is 9.03. The van der Waals surface area contributed by atoms with E-state index >= 15 is 0 Å². The largest absolute Gasteiger partial charge is 0.352 e. The highest BCUT2D eigenvalue weighted by molar-refractivity contribution is 7.89. The molecule has 11 heteroatoms. The molecule has 1 saturated heterocycles. The van der Waals surface area contributed by atoms with Crippen LogP contribution in [0.4, 0.5) is 26.2 Å². The zero-order valence-corrected chi connectivity index (χ0v) is 17.5. The Bertz CT molecular complexity index is 1170. The highest BCUT2D eigenvalue weighted by Gasteiger charge is 2.29. The van der Waals surface area contributed by atoms with E-state index in [9.17, 15) is 17.2 Å². The molecule has 0 unspecified atom stereocenters. The van der Waals surface area contributed by atoms with Crippen LogP contribution in [0.15, 0.2) is 53.6 Å². The average molecular weight is 446 g/mol. The molecule has 31 heavy (non-hydrogen) atoms. The van der Waals surface area contributed by atoms with Crippen LogP contribution < -0.4 is 10.2 Å². The molecule has 0 aliphatic carbocycles. The topological polar surface area (TPSA) is 91.3 Å². The van der Waals surface area contributed by atoms with Gasteiger partial charge in [0.15, 0.2) is 23.3 Å². The van der Waals surface area contributed by atoms with Crippen LogP contribution in [0.2, 0.25) is 0 Å². The first kappa shape index (κ1) is 21.1. The summed E-state index contributed by atoms with van der Waals surface area (Å²) in [6.07, 6.45) is 1.75. The van der Waals surface area contributed by atoms with E-state index in [0.717, 1.165) is 17.7 Å². The molecule has 1 aliphatic rings. The van der Waals surface area contributed by atoms with Gasteiger partial charge in [-0.25, -0.2) is 22.2 Å². The highest BCUT2D eigenvalue weighted by atomic mass is 32.2. The van der Waals surface area contributed by atoms with E-state index in [1.807, 2.05) is 24.0 Å². The van der Waals surface area contributed by atoms with Gasteiger partial charge in [0, 0.05) is 32.4 Å². The van der Waals surface area contributed by atoms with Crippen molar-refractivity contribution in [3.8, 4) is 0 Å². The number of hydrogen-bond donors (Lipinski definition) is 1. The first-order valence-electron chi connectivity index (χ1n) is 9.56. The van der Waals surface area contributed by atoms with E-state index in [-0.39, 0.29) is 18.0 Å². The van der Waals surface area contributed by atoms with Gasteiger partial charge in [-0.1, -0.05) is 6.07 Å². The fourth-order valence-electron chi connectivity index (χ4n) is 3.18. The Morgan fingerprint density at radius 3 is 2.26 bits per heavy atom. The molecule has 3 aromatic rings. The lowest BCUT2D eigenvalue weighted by molar-refractivity contribution is 0.383. The summed E-state index contributed by atoms with van der Waals surface area (Å²) in [5.74, 6) is -0.460. The number of halogens is 2. The van der Waals surface area contributed by atoms with Crippen LogP contribution in [-0.4, -0.2) is 54.1 Å². The van der Waals surface area contributed by atoms with Crippen molar-refractivity contribution < 1.29 is 17.2 Å². The van der Waals surface area contributed by atoms with Gasteiger partial charge in [0.05, 0.1) is 4.90 Å². The van der Waals surface area contributed by atoms with Crippen LogP contribution >= 0.6 is 0 Å². The molecule has 2 aromatic heterocycles. The summed E-state index contributed by atoms with van der Waals surface area (Å²) >= 11 is 0. The van der Waals surface area contributed by atoms with Gasteiger partial charge in [-0.3, -0.25) is 0 Å². The first-order chi connectivity index (χ1) is 14.8. The van der Waals surface area contributed by atoms with Crippen molar-refractivity contribution in [2.24, 2.45) is 0 Å². The third-order valence-corrected chi connectivity index (χ3v) is 6.80. The molecule has 1 N–H and O–H groups in total. The van der Waals surface area contributed by atoms with Crippen LogP contribution in [0, 0.1) is 18.6 Å². The zero-order chi connectivity index (χ0) is 22.0. The Morgan fingerprint density at radius 1 is 0.903 bits per heavy atom. The highest BCUT2D eigenvalue weighted by Crippen LogP contribution is 2.22. The number of rotatable bonds is 5. The lowest BCUT2D eigenvalue weighted by Gasteiger charge is -2.34. The average Bonchev–Trinajstić information content (AvgIpc) is 2.78. The Balaban J connectivity index is 1.39. The molecule has 1 aromatic carbocycles. The normalized spacial score (nSPS) is 15.1. The van der Waals surface area contributed by atoms with Crippen LogP contribution in [0.1, 0.15) is 5.56 Å². The smallest absolute Gasteiger partial charge is 0.243 e. The van der Waals surface area contributed by atoms with Crippen molar-refractivity contribution >= 4 is 27.5 Å². The second kappa shape index (κ2) is 8.52. The molecule has 162 valence electrons. The number of nitrogens with zero attached hydrogens (tertiary/aromatic N) is 5. The second-order valence-electron chi connectivity index (χ2n) is 7.09. The summed E-state index contributed by atoms with van der Waals surface area (Å²) in [5, 5.41) is 11.4. The van der Waals surface area contributed by atoms with Crippen molar-refractivity contribution in [3.63, 3.8) is 0 Å². The maximum absolute atomic E-state index is 13.5. The molecule has 1 fully saturated rings. The summed E-state index contributed by atoms with van der Waals surface area (Å²) in [7, 11) is -3.90. The Hall–Kier alpha value is -3.18. The van der Waals surface area contributed by atoms with Crippen LogP contribution in [-0.2, 0) is 10.0 Å². The Kier molecular flexibility index (Phi) is 5.79. The summed E-state index contributed by atoms with van der Waals surface area (Å²) in [6.45, 7) is 3.12. The maximum Gasteiger partial charge on any atom is 0.243 e. The molecule has 4 rings (SSSR count). The molecule has 0 saturated carbocycles. The van der Waals surface area contributed by atoms with E-state index in [0.29, 0.717) is 36.6 Å². The molecule has 0 atom stereocenters. The molecule has 0 amide bonds. The number of aryl methyl sites for hydroxylation is 1. The third-order valence-electron chi connectivity index (χ3n) is 4.91. The Labute approximate surface area is 178 Å². The number of piperazine rings is 1. The summed E-state index contributed by atoms with van der Waals surface area (Å²) in [4.78, 5) is 5.91. The standard InChI is InChI=1S/C20H20F2N6O2S/c1-14-2-5-18(23-13-14)24-19-6-7-20(26-25-19)27-8-10-28(11-9-27)31(29,30)15-3-4-16(21)17(22)12-15/h2-7,12-13H,8-11H2,1H3,(H,23,24,25). The van der Waals surface area contributed by atoms with Crippen molar-refractivity contribution in [2.45, 2.75) is 11.8 Å². The van der Waals surface area contributed by atoms with Crippen molar-refractivity contribution in [1.82, 2.24) is 19.5 Å². The lowest BCUT2D eigenvalue weighted by Crippen LogP contribution is -2.49.